The van der Waals surface area contributed by atoms with Crippen molar-refractivity contribution in [3.05, 3.63) is 82.1 Å². The third-order valence-electron chi connectivity index (χ3n) is 5.40. The van der Waals surface area contributed by atoms with Gasteiger partial charge in [-0.05, 0) is 30.7 Å². The van der Waals surface area contributed by atoms with E-state index < -0.39 is 35.3 Å². The second-order valence-corrected chi connectivity index (χ2v) is 7.48. The minimum Gasteiger partial charge on any atom is -0.316 e. The monoisotopic (exact) mass is 447 g/mol. The van der Waals surface area contributed by atoms with Crippen LogP contribution in [-0.2, 0) is 25.3 Å². The van der Waals surface area contributed by atoms with Gasteiger partial charge in [-0.15, -0.1) is 10.2 Å². The fraction of sp³-hybridized carbons (Fsp3) is 0.238. The maximum atomic E-state index is 15.5. The van der Waals surface area contributed by atoms with Crippen molar-refractivity contribution in [1.29, 1.82) is 0 Å². The largest absolute Gasteiger partial charge is 0.343 e. The summed E-state index contributed by atoms with van der Waals surface area (Å²) in [6.45, 7) is -0.210. The zero-order chi connectivity index (χ0) is 23.3. The Hall–Kier alpha value is -3.76. The maximum Gasteiger partial charge on any atom is 0.343 e. The summed E-state index contributed by atoms with van der Waals surface area (Å²) in [5.74, 6) is -4.89. The van der Waals surface area contributed by atoms with Gasteiger partial charge in [-0.25, -0.2) is 13.6 Å². The van der Waals surface area contributed by atoms with E-state index in [9.17, 15) is 14.0 Å². The number of imidazole rings is 1. The van der Waals surface area contributed by atoms with Crippen LogP contribution in [0.3, 0.4) is 0 Å². The number of fused-ring (bicyclic) bond motifs is 1. The minimum absolute atomic E-state index is 0.0892. The summed E-state index contributed by atoms with van der Waals surface area (Å²) in [7, 11) is 1.28. The molecule has 1 atom stereocenters. The third-order valence-corrected chi connectivity index (χ3v) is 5.40. The van der Waals surface area contributed by atoms with Crippen LogP contribution >= 0.6 is 0 Å². The molecule has 0 saturated carbocycles. The van der Waals surface area contributed by atoms with E-state index in [0.717, 1.165) is 32.9 Å². The van der Waals surface area contributed by atoms with Crippen molar-refractivity contribution in [2.45, 2.75) is 25.2 Å². The maximum absolute atomic E-state index is 15.5. The molecule has 1 unspecified atom stereocenters. The van der Waals surface area contributed by atoms with Crippen molar-refractivity contribution < 1.29 is 22.4 Å². The van der Waals surface area contributed by atoms with E-state index in [1.54, 1.807) is 0 Å². The lowest BCUT2D eigenvalue weighted by atomic mass is 9.90. The number of carbonyl (C=O) groups is 1. The van der Waals surface area contributed by atoms with Gasteiger partial charge in [0.1, 0.15) is 13.0 Å². The summed E-state index contributed by atoms with van der Waals surface area (Å²) in [5.41, 5.74) is -3.78. The second kappa shape index (κ2) is 7.43. The molecule has 0 bridgehead atoms. The number of alkyl halides is 4. The van der Waals surface area contributed by atoms with E-state index in [0.29, 0.717) is 6.29 Å². The lowest BCUT2D eigenvalue weighted by molar-refractivity contribution is -0.149. The Morgan fingerprint density at radius 1 is 1.16 bits per heavy atom. The molecule has 32 heavy (non-hydrogen) atoms. The molecule has 11 heteroatoms. The molecule has 0 fully saturated rings. The van der Waals surface area contributed by atoms with Gasteiger partial charge >= 0.3 is 11.6 Å². The van der Waals surface area contributed by atoms with Crippen LogP contribution in [0.5, 0.6) is 0 Å². The van der Waals surface area contributed by atoms with E-state index in [4.69, 9.17) is 0 Å². The Morgan fingerprint density at radius 2 is 1.91 bits per heavy atom. The Morgan fingerprint density at radius 3 is 2.53 bits per heavy atom. The highest BCUT2D eigenvalue weighted by molar-refractivity contribution is 5.76. The first-order chi connectivity index (χ1) is 15.1. The van der Waals surface area contributed by atoms with E-state index in [1.807, 2.05) is 0 Å². The molecule has 0 aliphatic rings. The number of carbonyl (C=O) groups excluding carboxylic acids is 1. The molecule has 3 heterocycles. The van der Waals surface area contributed by atoms with Crippen molar-refractivity contribution in [2.24, 2.45) is 7.05 Å². The van der Waals surface area contributed by atoms with Gasteiger partial charge in [0.25, 0.3) is 0 Å². The lowest BCUT2D eigenvalue weighted by Crippen LogP contribution is -2.39. The summed E-state index contributed by atoms with van der Waals surface area (Å²) >= 11 is 0. The lowest BCUT2D eigenvalue weighted by Gasteiger charge is -2.29. The van der Waals surface area contributed by atoms with E-state index in [2.05, 4.69) is 10.2 Å². The second-order valence-electron chi connectivity index (χ2n) is 7.48. The zero-order valence-electron chi connectivity index (χ0n) is 17.0. The third kappa shape index (κ3) is 3.12. The van der Waals surface area contributed by atoms with Crippen molar-refractivity contribution in [2.75, 3.05) is 0 Å². The number of rotatable bonds is 6. The molecular weight excluding hydrogens is 430 g/mol. The highest BCUT2D eigenvalue weighted by atomic mass is 19.3. The summed E-state index contributed by atoms with van der Waals surface area (Å²) in [6, 6.07) is 6.35. The molecule has 0 spiro atoms. The number of benzene rings is 1. The molecular formula is C21H17F4N5O2. The first-order valence-electron chi connectivity index (χ1n) is 9.41. The Kier molecular flexibility index (Phi) is 4.99. The number of hydrogen-bond donors (Lipinski definition) is 0. The normalized spacial score (nSPS) is 13.9. The standard InChI is InChI=1S/C21H17F4N5O2/c1-20(23,21(24,25)18-27-26-12-28(18)2)15-4-3-5-16(7-15)29-10-17-14(8-22)6-13(11-31)9-30(17)19(29)32/h3-7,9-12H,8H2,1-2H3. The molecule has 0 radical (unpaired) electrons. The van der Waals surface area contributed by atoms with Crippen LogP contribution in [0, 0.1) is 0 Å². The van der Waals surface area contributed by atoms with Crippen LogP contribution in [0.2, 0.25) is 0 Å². The average Bonchev–Trinajstić information content (AvgIpc) is 3.36. The van der Waals surface area contributed by atoms with Crippen molar-refractivity contribution in [1.82, 2.24) is 23.7 Å². The Labute approximate surface area is 178 Å². The predicted molar refractivity (Wildman–Crippen MR) is 107 cm³/mol. The predicted octanol–water partition coefficient (Wildman–Crippen LogP) is 3.48. The zero-order valence-corrected chi connectivity index (χ0v) is 17.0. The molecule has 7 nitrogen and oxygen atoms in total. The first-order valence-corrected chi connectivity index (χ1v) is 9.41. The van der Waals surface area contributed by atoms with Gasteiger partial charge in [0.05, 0.1) is 11.2 Å². The first kappa shape index (κ1) is 21.5. The molecule has 0 N–H and O–H groups in total. The molecule has 1 aromatic carbocycles. The van der Waals surface area contributed by atoms with Crippen LogP contribution in [0.25, 0.3) is 11.2 Å². The van der Waals surface area contributed by atoms with Crippen LogP contribution in [0.15, 0.2) is 53.8 Å². The van der Waals surface area contributed by atoms with Crippen LogP contribution in [-0.4, -0.2) is 30.0 Å². The summed E-state index contributed by atoms with van der Waals surface area (Å²) in [6.07, 6.45) is 4.07. The van der Waals surface area contributed by atoms with Crippen molar-refractivity contribution >= 4 is 11.8 Å². The topological polar surface area (TPSA) is 74.2 Å². The van der Waals surface area contributed by atoms with Gasteiger partial charge in [0.2, 0.25) is 11.5 Å². The molecule has 0 amide bonds. The highest BCUT2D eigenvalue weighted by Crippen LogP contribution is 2.47. The SMILES string of the molecule is Cn1cnnc1C(F)(F)C(C)(F)c1cccc(-n2cc3c(CF)cc(C=O)cn3c2=O)c1. The van der Waals surface area contributed by atoms with E-state index in [-0.39, 0.29) is 22.3 Å². The number of pyridine rings is 1. The molecule has 4 rings (SSSR count). The van der Waals surface area contributed by atoms with Crippen LogP contribution in [0.1, 0.15) is 34.2 Å². The summed E-state index contributed by atoms with van der Waals surface area (Å²) < 4.78 is 62.1. The number of aromatic nitrogens is 5. The van der Waals surface area contributed by atoms with Gasteiger partial charge < -0.3 is 4.57 Å². The highest BCUT2D eigenvalue weighted by Gasteiger charge is 2.56. The van der Waals surface area contributed by atoms with Gasteiger partial charge in [0, 0.05) is 30.6 Å². The molecule has 0 aliphatic heterocycles. The molecule has 0 aliphatic carbocycles. The van der Waals surface area contributed by atoms with E-state index >= 15 is 13.2 Å². The van der Waals surface area contributed by atoms with Crippen LogP contribution < -0.4 is 5.69 Å². The Balaban J connectivity index is 1.86. The summed E-state index contributed by atoms with van der Waals surface area (Å²) in [4.78, 5) is 24.0. The molecule has 166 valence electrons. The quantitative estimate of drug-likeness (QED) is 0.335. The van der Waals surface area contributed by atoms with Gasteiger partial charge in [-0.2, -0.15) is 8.78 Å². The molecule has 4 aromatic rings. The minimum atomic E-state index is -4.03. The number of aryl methyl sites for hydroxylation is 1. The number of hydrogen-bond acceptors (Lipinski definition) is 4. The van der Waals surface area contributed by atoms with Gasteiger partial charge in [0.15, 0.2) is 6.29 Å². The number of nitrogens with zero attached hydrogens (tertiary/aromatic N) is 5. The average molecular weight is 447 g/mol. The van der Waals surface area contributed by atoms with Crippen LogP contribution in [0.4, 0.5) is 17.6 Å². The number of aldehydes is 1. The fourth-order valence-corrected chi connectivity index (χ4v) is 3.55. The van der Waals surface area contributed by atoms with E-state index in [1.165, 1.54) is 43.7 Å². The Bertz CT molecular complexity index is 1390. The number of halogens is 4. The molecule has 0 saturated heterocycles. The van der Waals surface area contributed by atoms with Crippen molar-refractivity contribution in [3.8, 4) is 5.69 Å². The molecule has 3 aromatic heterocycles. The van der Waals surface area contributed by atoms with Crippen molar-refractivity contribution in [3.63, 3.8) is 0 Å². The fourth-order valence-electron chi connectivity index (χ4n) is 3.55. The summed E-state index contributed by atoms with van der Waals surface area (Å²) in [5, 5.41) is 6.73. The van der Waals surface area contributed by atoms with Gasteiger partial charge in [-0.3, -0.25) is 13.8 Å². The smallest absolute Gasteiger partial charge is 0.316 e. The van der Waals surface area contributed by atoms with Gasteiger partial charge in [-0.1, -0.05) is 12.1 Å².